The third-order valence-corrected chi connectivity index (χ3v) is 5.37. The lowest BCUT2D eigenvalue weighted by Crippen LogP contribution is -2.37. The first-order valence-corrected chi connectivity index (χ1v) is 11.0. The van der Waals surface area contributed by atoms with Crippen LogP contribution >= 0.6 is 11.6 Å². The van der Waals surface area contributed by atoms with Crippen molar-refractivity contribution in [3.8, 4) is 11.5 Å². The fourth-order valence-electron chi connectivity index (χ4n) is 3.44. The van der Waals surface area contributed by atoms with Gasteiger partial charge < -0.3 is 34.8 Å². The second-order valence-corrected chi connectivity index (χ2v) is 7.78. The first kappa shape index (κ1) is 26.1. The van der Waals surface area contributed by atoms with Crippen LogP contribution in [0.2, 0.25) is 5.02 Å². The Kier molecular flexibility index (Phi) is 9.58. The molecule has 13 heteroatoms. The molecule has 2 aromatic carbocycles. The number of nitrogens with one attached hydrogen (secondary N) is 1. The van der Waals surface area contributed by atoms with Crippen LogP contribution in [-0.4, -0.2) is 66.5 Å². The molecule has 4 rings (SSSR count). The molecule has 1 aromatic heterocycles. The van der Waals surface area contributed by atoms with Crippen molar-refractivity contribution >= 4 is 34.0 Å². The van der Waals surface area contributed by atoms with Gasteiger partial charge in [-0.15, -0.1) is 0 Å². The Labute approximate surface area is 205 Å². The first-order valence-electron chi connectivity index (χ1n) is 10.7. The summed E-state index contributed by atoms with van der Waals surface area (Å²) in [4.78, 5) is 19.3. The molecule has 1 aliphatic heterocycles. The summed E-state index contributed by atoms with van der Waals surface area (Å²) in [6, 6.07) is 8.09. The maximum absolute atomic E-state index is 13.5. The van der Waals surface area contributed by atoms with Crippen LogP contribution in [0, 0.1) is 21.1 Å². The maximum Gasteiger partial charge on any atom is 0.162 e. The summed E-state index contributed by atoms with van der Waals surface area (Å²) >= 11 is 5.90. The van der Waals surface area contributed by atoms with Gasteiger partial charge in [0.15, 0.2) is 11.5 Å². The van der Waals surface area contributed by atoms with Gasteiger partial charge >= 0.3 is 0 Å². The van der Waals surface area contributed by atoms with E-state index < -0.39 is 10.9 Å². The van der Waals surface area contributed by atoms with E-state index >= 15 is 0 Å². The van der Waals surface area contributed by atoms with Gasteiger partial charge in [-0.3, -0.25) is 4.90 Å². The molecule has 1 aliphatic rings. The van der Waals surface area contributed by atoms with E-state index in [1.54, 1.807) is 13.2 Å². The SMILES string of the molecule is COc1cc2ncnc(Nc3ccc(F)c(Cl)c3)c2cc1OCCCN1CCOCC1.O=[N+]([O-])[O-]. The molecule has 0 atom stereocenters. The van der Waals surface area contributed by atoms with Crippen molar-refractivity contribution in [2.45, 2.75) is 6.42 Å². The number of benzene rings is 2. The third-order valence-electron chi connectivity index (χ3n) is 5.08. The summed E-state index contributed by atoms with van der Waals surface area (Å²) < 4.78 is 30.4. The highest BCUT2D eigenvalue weighted by Crippen LogP contribution is 2.35. The molecule has 0 saturated carbocycles. The van der Waals surface area contributed by atoms with Crippen molar-refractivity contribution in [3.05, 3.63) is 62.8 Å². The van der Waals surface area contributed by atoms with Gasteiger partial charge in [-0.05, 0) is 30.7 Å². The molecule has 35 heavy (non-hydrogen) atoms. The lowest BCUT2D eigenvalue weighted by Gasteiger charge is -2.26. The van der Waals surface area contributed by atoms with E-state index in [1.807, 2.05) is 12.1 Å². The summed E-state index contributed by atoms with van der Waals surface area (Å²) in [6.45, 7) is 5.00. The zero-order chi connectivity index (χ0) is 25.2. The van der Waals surface area contributed by atoms with Gasteiger partial charge in [0.1, 0.15) is 18.0 Å². The van der Waals surface area contributed by atoms with E-state index in [1.165, 1.54) is 18.5 Å². The summed E-state index contributed by atoms with van der Waals surface area (Å²) in [5.41, 5.74) is 1.32. The second-order valence-electron chi connectivity index (χ2n) is 7.38. The van der Waals surface area contributed by atoms with Crippen LogP contribution < -0.4 is 14.8 Å². The van der Waals surface area contributed by atoms with Gasteiger partial charge in [0.05, 0.1) is 42.6 Å². The summed E-state index contributed by atoms with van der Waals surface area (Å²) in [6.07, 6.45) is 2.35. The van der Waals surface area contributed by atoms with Crippen LogP contribution in [0.5, 0.6) is 11.5 Å². The number of aromatic nitrogens is 2. The average Bonchev–Trinajstić information content (AvgIpc) is 2.84. The highest BCUT2D eigenvalue weighted by molar-refractivity contribution is 6.31. The Bertz CT molecular complexity index is 1140. The molecule has 3 aromatic rings. The second kappa shape index (κ2) is 12.8. The Hall–Kier alpha value is -3.48. The number of hydrogen-bond acceptors (Lipinski definition) is 10. The van der Waals surface area contributed by atoms with Crippen LogP contribution in [0.4, 0.5) is 15.9 Å². The summed E-state index contributed by atoms with van der Waals surface area (Å²) in [5.74, 6) is 1.31. The summed E-state index contributed by atoms with van der Waals surface area (Å²) in [5, 5.41) is 18.7. The summed E-state index contributed by atoms with van der Waals surface area (Å²) in [7, 11) is 1.60. The van der Waals surface area contributed by atoms with Crippen molar-refractivity contribution in [1.82, 2.24) is 14.9 Å². The molecule has 0 unspecified atom stereocenters. The van der Waals surface area contributed by atoms with Crippen LogP contribution in [0.1, 0.15) is 6.42 Å². The largest absolute Gasteiger partial charge is 0.493 e. The molecule has 0 radical (unpaired) electrons. The third kappa shape index (κ3) is 7.77. The number of methoxy groups -OCH3 is 1. The Morgan fingerprint density at radius 1 is 1.20 bits per heavy atom. The topological polar surface area (TPSA) is 135 Å². The number of halogens is 2. The van der Waals surface area contributed by atoms with Crippen LogP contribution in [-0.2, 0) is 4.74 Å². The highest BCUT2D eigenvalue weighted by atomic mass is 35.5. The fraction of sp³-hybridized carbons (Fsp3) is 0.364. The molecule has 0 aliphatic carbocycles. The lowest BCUT2D eigenvalue weighted by molar-refractivity contribution is -0.402. The van der Waals surface area contributed by atoms with Crippen molar-refractivity contribution in [1.29, 1.82) is 0 Å². The first-order chi connectivity index (χ1) is 16.9. The zero-order valence-corrected chi connectivity index (χ0v) is 19.7. The average molecular weight is 509 g/mol. The van der Waals surface area contributed by atoms with Gasteiger partial charge in [0.25, 0.3) is 0 Å². The number of ether oxygens (including phenoxy) is 3. The predicted molar refractivity (Wildman–Crippen MR) is 129 cm³/mol. The number of morpholine rings is 1. The minimum absolute atomic E-state index is 0.0364. The fourth-order valence-corrected chi connectivity index (χ4v) is 3.62. The van der Waals surface area contributed by atoms with Gasteiger partial charge in [-0.25, -0.2) is 14.4 Å². The Morgan fingerprint density at radius 3 is 2.63 bits per heavy atom. The van der Waals surface area contributed by atoms with Crippen molar-refractivity contribution < 1.29 is 23.7 Å². The molecule has 2 heterocycles. The molecule has 1 fully saturated rings. The normalized spacial score (nSPS) is 13.6. The monoisotopic (exact) mass is 508 g/mol. The van der Waals surface area contributed by atoms with Gasteiger partial charge in [0, 0.05) is 36.8 Å². The number of nitrogens with zero attached hydrogens (tertiary/aromatic N) is 4. The number of anilines is 2. The molecule has 188 valence electrons. The van der Waals surface area contributed by atoms with Crippen LogP contribution in [0.25, 0.3) is 10.9 Å². The number of hydrogen-bond donors (Lipinski definition) is 1. The van der Waals surface area contributed by atoms with E-state index in [2.05, 4.69) is 20.2 Å². The Morgan fingerprint density at radius 2 is 1.94 bits per heavy atom. The van der Waals surface area contributed by atoms with Crippen molar-refractivity contribution in [2.75, 3.05) is 51.9 Å². The predicted octanol–water partition coefficient (Wildman–Crippen LogP) is 4.04. The number of rotatable bonds is 8. The van der Waals surface area contributed by atoms with Gasteiger partial charge in [-0.2, -0.15) is 0 Å². The van der Waals surface area contributed by atoms with E-state index in [-0.39, 0.29) is 5.02 Å². The van der Waals surface area contributed by atoms with E-state index in [4.69, 9.17) is 41.1 Å². The molecular weight excluding hydrogens is 485 g/mol. The molecular formula is C22H24ClFN5O6-. The van der Waals surface area contributed by atoms with E-state index in [0.717, 1.165) is 44.7 Å². The van der Waals surface area contributed by atoms with Crippen molar-refractivity contribution in [2.24, 2.45) is 0 Å². The minimum Gasteiger partial charge on any atom is -0.493 e. The maximum atomic E-state index is 13.5. The van der Waals surface area contributed by atoms with Crippen LogP contribution in [0.15, 0.2) is 36.7 Å². The molecule has 1 saturated heterocycles. The molecule has 0 bridgehead atoms. The quantitative estimate of drug-likeness (QED) is 0.270. The standard InChI is InChI=1S/C22H24ClFN4O3.NO3/c1-29-20-13-19-16(12-21(20)31-8-2-5-28-6-9-30-10-7-28)22(26-14-25-19)27-15-3-4-18(24)17(23)11-15;2-1(3)4/h3-4,11-14H,2,5-10H2,1H3,(H,25,26,27);/q;-1. The van der Waals surface area contributed by atoms with Crippen molar-refractivity contribution in [3.63, 3.8) is 0 Å². The smallest absolute Gasteiger partial charge is 0.162 e. The van der Waals surface area contributed by atoms with Crippen LogP contribution in [0.3, 0.4) is 0 Å². The minimum atomic E-state index is -1.75. The molecule has 1 N–H and O–H groups in total. The highest BCUT2D eigenvalue weighted by Gasteiger charge is 2.14. The zero-order valence-electron chi connectivity index (χ0n) is 18.9. The molecule has 0 amide bonds. The molecule has 0 spiro atoms. The Balaban J connectivity index is 0.000000795. The lowest BCUT2D eigenvalue weighted by atomic mass is 10.2. The van der Waals surface area contributed by atoms with Gasteiger partial charge in [0.2, 0.25) is 0 Å². The van der Waals surface area contributed by atoms with E-state index in [9.17, 15) is 4.39 Å². The van der Waals surface area contributed by atoms with E-state index in [0.29, 0.717) is 35.1 Å². The molecule has 11 nitrogen and oxygen atoms in total. The van der Waals surface area contributed by atoms with Gasteiger partial charge in [-0.1, -0.05) is 11.6 Å². The number of fused-ring (bicyclic) bond motifs is 1.